The molecule has 24 heavy (non-hydrogen) atoms. The normalized spacial score (nSPS) is 10.3. The lowest BCUT2D eigenvalue weighted by atomic mass is 10.2. The lowest BCUT2D eigenvalue weighted by Crippen LogP contribution is -2.28. The molecule has 0 radical (unpaired) electrons. The van der Waals surface area contributed by atoms with Gasteiger partial charge in [-0.05, 0) is 42.5 Å². The van der Waals surface area contributed by atoms with Crippen molar-refractivity contribution in [3.8, 4) is 11.5 Å². The third-order valence-corrected chi connectivity index (χ3v) is 4.73. The van der Waals surface area contributed by atoms with Gasteiger partial charge < -0.3 is 14.4 Å². The van der Waals surface area contributed by atoms with Gasteiger partial charge >= 0.3 is 0 Å². The fourth-order valence-electron chi connectivity index (χ4n) is 2.14. The van der Waals surface area contributed by atoms with Crippen molar-refractivity contribution in [1.82, 2.24) is 4.90 Å². The predicted molar refractivity (Wildman–Crippen MR) is 98.2 cm³/mol. The van der Waals surface area contributed by atoms with Crippen molar-refractivity contribution in [3.63, 3.8) is 0 Å². The van der Waals surface area contributed by atoms with E-state index in [0.29, 0.717) is 17.3 Å². The minimum absolute atomic E-state index is 0.0397. The number of hydrogen-bond acceptors (Lipinski definition) is 4. The Morgan fingerprint density at radius 2 is 1.83 bits per heavy atom. The second-order valence-corrected chi connectivity index (χ2v) is 6.66. The standard InChI is InChI=1S/C18H20ClNO3S/c1-20(11-13-10-14(19)4-9-17(13)23-3)18(21)12-24-16-7-5-15(22-2)6-8-16/h4-10H,11-12H2,1-3H3. The summed E-state index contributed by atoms with van der Waals surface area (Å²) < 4.78 is 10.4. The molecule has 0 aromatic heterocycles. The van der Waals surface area contributed by atoms with Crippen LogP contribution in [0, 0.1) is 0 Å². The third kappa shape index (κ3) is 5.08. The van der Waals surface area contributed by atoms with Crippen molar-refractivity contribution >= 4 is 29.3 Å². The van der Waals surface area contributed by atoms with Gasteiger partial charge in [0.2, 0.25) is 5.91 Å². The summed E-state index contributed by atoms with van der Waals surface area (Å²) in [5.74, 6) is 1.93. The number of hydrogen-bond donors (Lipinski definition) is 0. The summed E-state index contributed by atoms with van der Waals surface area (Å²) >= 11 is 7.53. The highest BCUT2D eigenvalue weighted by atomic mass is 35.5. The minimum Gasteiger partial charge on any atom is -0.497 e. The van der Waals surface area contributed by atoms with E-state index in [1.807, 2.05) is 36.4 Å². The summed E-state index contributed by atoms with van der Waals surface area (Å²) in [5, 5.41) is 0.624. The number of nitrogens with zero attached hydrogens (tertiary/aromatic N) is 1. The number of thioether (sulfide) groups is 1. The van der Waals surface area contributed by atoms with Crippen LogP contribution in [0.2, 0.25) is 5.02 Å². The van der Waals surface area contributed by atoms with E-state index in [1.165, 1.54) is 11.8 Å². The van der Waals surface area contributed by atoms with E-state index in [2.05, 4.69) is 0 Å². The van der Waals surface area contributed by atoms with Gasteiger partial charge in [-0.1, -0.05) is 11.6 Å². The highest BCUT2D eigenvalue weighted by molar-refractivity contribution is 8.00. The smallest absolute Gasteiger partial charge is 0.232 e. The van der Waals surface area contributed by atoms with Gasteiger partial charge in [-0.25, -0.2) is 0 Å². The molecule has 2 aromatic carbocycles. The lowest BCUT2D eigenvalue weighted by Gasteiger charge is -2.19. The molecule has 2 rings (SSSR count). The Morgan fingerprint density at radius 3 is 2.46 bits per heavy atom. The molecular weight excluding hydrogens is 346 g/mol. The van der Waals surface area contributed by atoms with Crippen LogP contribution in [0.4, 0.5) is 0 Å². The van der Waals surface area contributed by atoms with Crippen molar-refractivity contribution < 1.29 is 14.3 Å². The van der Waals surface area contributed by atoms with E-state index in [1.54, 1.807) is 32.2 Å². The predicted octanol–water partition coefficient (Wildman–Crippen LogP) is 4.11. The molecule has 0 N–H and O–H groups in total. The van der Waals surface area contributed by atoms with E-state index in [9.17, 15) is 4.79 Å². The van der Waals surface area contributed by atoms with Crippen LogP contribution < -0.4 is 9.47 Å². The van der Waals surface area contributed by atoms with E-state index >= 15 is 0 Å². The topological polar surface area (TPSA) is 38.8 Å². The van der Waals surface area contributed by atoms with Crippen LogP contribution in [0.25, 0.3) is 0 Å². The first-order valence-corrected chi connectivity index (χ1v) is 8.73. The zero-order valence-electron chi connectivity index (χ0n) is 13.9. The molecular formula is C18H20ClNO3S. The minimum atomic E-state index is 0.0397. The van der Waals surface area contributed by atoms with Crippen LogP contribution in [0.15, 0.2) is 47.4 Å². The van der Waals surface area contributed by atoms with E-state index < -0.39 is 0 Å². The molecule has 0 spiro atoms. The van der Waals surface area contributed by atoms with Gasteiger partial charge in [0.15, 0.2) is 0 Å². The van der Waals surface area contributed by atoms with Crippen molar-refractivity contribution in [2.45, 2.75) is 11.4 Å². The lowest BCUT2D eigenvalue weighted by molar-refractivity contribution is -0.127. The Labute approximate surface area is 151 Å². The number of ether oxygens (including phenoxy) is 2. The average Bonchev–Trinajstić information content (AvgIpc) is 2.60. The molecule has 128 valence electrons. The maximum Gasteiger partial charge on any atom is 0.232 e. The van der Waals surface area contributed by atoms with Gasteiger partial charge in [0.1, 0.15) is 11.5 Å². The Kier molecular flexibility index (Phi) is 6.82. The van der Waals surface area contributed by atoms with Crippen molar-refractivity contribution in [1.29, 1.82) is 0 Å². The Hall–Kier alpha value is -1.85. The molecule has 6 heteroatoms. The van der Waals surface area contributed by atoms with Crippen LogP contribution in [0.3, 0.4) is 0 Å². The number of halogens is 1. The maximum atomic E-state index is 12.3. The van der Waals surface area contributed by atoms with Crippen LogP contribution >= 0.6 is 23.4 Å². The molecule has 0 saturated heterocycles. The fraction of sp³-hybridized carbons (Fsp3) is 0.278. The van der Waals surface area contributed by atoms with Gasteiger partial charge in [-0.15, -0.1) is 11.8 Å². The van der Waals surface area contributed by atoms with Crippen molar-refractivity contribution in [3.05, 3.63) is 53.1 Å². The summed E-state index contributed by atoms with van der Waals surface area (Å²) in [6, 6.07) is 13.0. The number of rotatable bonds is 7. The first kappa shape index (κ1) is 18.5. The molecule has 0 atom stereocenters. The van der Waals surface area contributed by atoms with Gasteiger partial charge in [0.25, 0.3) is 0 Å². The summed E-state index contributed by atoms with van der Waals surface area (Å²) in [4.78, 5) is 15.0. The van der Waals surface area contributed by atoms with E-state index in [4.69, 9.17) is 21.1 Å². The first-order chi connectivity index (χ1) is 11.5. The zero-order chi connectivity index (χ0) is 17.5. The molecule has 0 aliphatic rings. The van der Waals surface area contributed by atoms with Gasteiger partial charge in [-0.2, -0.15) is 0 Å². The van der Waals surface area contributed by atoms with Crippen LogP contribution in [0.5, 0.6) is 11.5 Å². The first-order valence-electron chi connectivity index (χ1n) is 7.36. The number of benzene rings is 2. The Morgan fingerprint density at radius 1 is 1.12 bits per heavy atom. The number of carbonyl (C=O) groups is 1. The summed E-state index contributed by atoms with van der Waals surface area (Å²) in [6.07, 6.45) is 0. The zero-order valence-corrected chi connectivity index (χ0v) is 15.5. The average molecular weight is 366 g/mol. The molecule has 0 aliphatic carbocycles. The SMILES string of the molecule is COc1ccc(SCC(=O)N(C)Cc2cc(Cl)ccc2OC)cc1. The van der Waals surface area contributed by atoms with Gasteiger partial charge in [0.05, 0.1) is 20.0 Å². The highest BCUT2D eigenvalue weighted by Crippen LogP contribution is 2.25. The summed E-state index contributed by atoms with van der Waals surface area (Å²) in [5.41, 5.74) is 0.885. The number of methoxy groups -OCH3 is 2. The molecule has 0 heterocycles. The molecule has 0 unspecified atom stereocenters. The second-order valence-electron chi connectivity index (χ2n) is 5.17. The fourth-order valence-corrected chi connectivity index (χ4v) is 3.18. The van der Waals surface area contributed by atoms with Crippen LogP contribution in [-0.4, -0.2) is 37.8 Å². The van der Waals surface area contributed by atoms with Gasteiger partial charge in [-0.3, -0.25) is 4.79 Å². The second kappa shape index (κ2) is 8.85. The number of amides is 1. The number of carbonyl (C=O) groups excluding carboxylic acids is 1. The third-order valence-electron chi connectivity index (χ3n) is 3.50. The van der Waals surface area contributed by atoms with E-state index in [-0.39, 0.29) is 5.91 Å². The molecule has 2 aromatic rings. The Bertz CT molecular complexity index is 691. The van der Waals surface area contributed by atoms with Gasteiger partial charge in [0, 0.05) is 29.1 Å². The molecule has 0 aliphatic heterocycles. The van der Waals surface area contributed by atoms with E-state index in [0.717, 1.165) is 22.0 Å². The summed E-state index contributed by atoms with van der Waals surface area (Å²) in [7, 11) is 5.01. The Balaban J connectivity index is 1.93. The van der Waals surface area contributed by atoms with Crippen molar-refractivity contribution in [2.75, 3.05) is 27.0 Å². The van der Waals surface area contributed by atoms with Crippen LogP contribution in [0.1, 0.15) is 5.56 Å². The quantitative estimate of drug-likeness (QED) is 0.692. The highest BCUT2D eigenvalue weighted by Gasteiger charge is 2.13. The van der Waals surface area contributed by atoms with Crippen LogP contribution in [-0.2, 0) is 11.3 Å². The molecule has 0 saturated carbocycles. The molecule has 0 fully saturated rings. The molecule has 1 amide bonds. The molecule has 0 bridgehead atoms. The maximum absolute atomic E-state index is 12.3. The molecule has 4 nitrogen and oxygen atoms in total. The summed E-state index contributed by atoms with van der Waals surface area (Å²) in [6.45, 7) is 0.450. The monoisotopic (exact) mass is 365 g/mol. The largest absolute Gasteiger partial charge is 0.497 e. The van der Waals surface area contributed by atoms with Crippen molar-refractivity contribution in [2.24, 2.45) is 0 Å².